The Morgan fingerprint density at radius 2 is 1.96 bits per heavy atom. The van der Waals surface area contributed by atoms with Gasteiger partial charge in [0.15, 0.2) is 0 Å². The van der Waals surface area contributed by atoms with Gasteiger partial charge in [-0.1, -0.05) is 0 Å². The lowest BCUT2D eigenvalue weighted by Crippen LogP contribution is -2.51. The third-order valence-electron chi connectivity index (χ3n) is 4.17. The van der Waals surface area contributed by atoms with E-state index in [-0.39, 0.29) is 5.91 Å². The predicted molar refractivity (Wildman–Crippen MR) is 84.1 cm³/mol. The maximum atomic E-state index is 12.4. The van der Waals surface area contributed by atoms with Crippen LogP contribution in [0.15, 0.2) is 18.5 Å². The van der Waals surface area contributed by atoms with Gasteiger partial charge in [0.25, 0.3) is 0 Å². The van der Waals surface area contributed by atoms with Gasteiger partial charge in [0.2, 0.25) is 11.9 Å². The lowest BCUT2D eigenvalue weighted by Gasteiger charge is -2.35. The van der Waals surface area contributed by atoms with Crippen LogP contribution in [0.3, 0.4) is 0 Å². The van der Waals surface area contributed by atoms with Crippen molar-refractivity contribution in [3.63, 3.8) is 0 Å². The summed E-state index contributed by atoms with van der Waals surface area (Å²) in [5.74, 6) is 0.797. The summed E-state index contributed by atoms with van der Waals surface area (Å²) >= 11 is 0. The molecular weight excluding hydrogens is 298 g/mol. The minimum absolute atomic E-state index is 0.0546. The number of rotatable bonds is 3. The number of carbonyl (C=O) groups excluding carboxylic acids is 1. The first-order valence-electron chi connectivity index (χ1n) is 8.00. The number of piperazine rings is 1. The van der Waals surface area contributed by atoms with Gasteiger partial charge in [-0.15, -0.1) is 0 Å². The fraction of sp³-hybridized carbons (Fsp3) is 0.667. The summed E-state index contributed by atoms with van der Waals surface area (Å²) in [7, 11) is 0. The van der Waals surface area contributed by atoms with E-state index in [0.717, 1.165) is 32.1 Å². The van der Waals surface area contributed by atoms with Gasteiger partial charge in [0, 0.05) is 51.7 Å². The van der Waals surface area contributed by atoms with Crippen LogP contribution in [0.2, 0.25) is 0 Å². The first-order valence-corrected chi connectivity index (χ1v) is 8.00. The van der Waals surface area contributed by atoms with Crippen molar-refractivity contribution in [2.75, 3.05) is 63.9 Å². The van der Waals surface area contributed by atoms with Crippen molar-refractivity contribution in [2.45, 2.75) is 6.10 Å². The van der Waals surface area contributed by atoms with E-state index in [2.05, 4.69) is 19.8 Å². The van der Waals surface area contributed by atoms with Crippen LogP contribution in [0.25, 0.3) is 0 Å². The molecule has 8 heteroatoms. The highest BCUT2D eigenvalue weighted by molar-refractivity contribution is 5.78. The van der Waals surface area contributed by atoms with Crippen LogP contribution in [0.1, 0.15) is 0 Å². The van der Waals surface area contributed by atoms with E-state index in [1.54, 1.807) is 23.4 Å². The van der Waals surface area contributed by atoms with Crippen molar-refractivity contribution in [1.82, 2.24) is 19.8 Å². The molecule has 2 saturated heterocycles. The minimum atomic E-state index is -0.589. The van der Waals surface area contributed by atoms with E-state index in [1.165, 1.54) is 0 Å². The Morgan fingerprint density at radius 1 is 1.22 bits per heavy atom. The van der Waals surface area contributed by atoms with Gasteiger partial charge in [-0.25, -0.2) is 9.97 Å². The molecule has 0 saturated carbocycles. The molecule has 1 amide bonds. The molecule has 2 aliphatic rings. The summed E-state index contributed by atoms with van der Waals surface area (Å²) in [4.78, 5) is 26.9. The second-order valence-electron chi connectivity index (χ2n) is 5.88. The zero-order valence-electron chi connectivity index (χ0n) is 13.2. The van der Waals surface area contributed by atoms with Gasteiger partial charge in [0.1, 0.15) is 0 Å². The van der Waals surface area contributed by atoms with E-state index >= 15 is 0 Å². The molecule has 0 unspecified atom stereocenters. The van der Waals surface area contributed by atoms with Crippen LogP contribution in [0.4, 0.5) is 5.95 Å². The number of nitrogens with zero attached hydrogens (tertiary/aromatic N) is 5. The maximum absolute atomic E-state index is 12.4. The van der Waals surface area contributed by atoms with E-state index in [1.807, 2.05) is 0 Å². The van der Waals surface area contributed by atoms with Gasteiger partial charge in [-0.3, -0.25) is 9.69 Å². The fourth-order valence-electron chi connectivity index (χ4n) is 2.87. The van der Waals surface area contributed by atoms with Crippen LogP contribution in [0.5, 0.6) is 0 Å². The van der Waals surface area contributed by atoms with Crippen molar-refractivity contribution in [3.8, 4) is 0 Å². The quantitative estimate of drug-likeness (QED) is 0.750. The van der Waals surface area contributed by atoms with E-state index in [4.69, 9.17) is 4.74 Å². The number of β-amino-alcohol motifs (C(OH)–C–C–N with tert-alkyl or cyclic N) is 1. The largest absolute Gasteiger partial charge is 0.389 e. The molecule has 1 aromatic heterocycles. The number of anilines is 1. The minimum Gasteiger partial charge on any atom is -0.389 e. The Bertz CT molecular complexity index is 507. The Labute approximate surface area is 135 Å². The van der Waals surface area contributed by atoms with Gasteiger partial charge in [0.05, 0.1) is 25.9 Å². The number of hydrogen-bond donors (Lipinski definition) is 1. The molecule has 8 nitrogen and oxygen atoms in total. The number of amides is 1. The third-order valence-corrected chi connectivity index (χ3v) is 4.17. The second kappa shape index (κ2) is 7.67. The molecule has 2 fully saturated rings. The average molecular weight is 321 g/mol. The highest BCUT2D eigenvalue weighted by atomic mass is 16.5. The van der Waals surface area contributed by atoms with Crippen molar-refractivity contribution in [2.24, 2.45) is 0 Å². The zero-order valence-corrected chi connectivity index (χ0v) is 13.2. The lowest BCUT2D eigenvalue weighted by atomic mass is 10.3. The molecule has 0 bridgehead atoms. The maximum Gasteiger partial charge on any atom is 0.236 e. The van der Waals surface area contributed by atoms with Crippen LogP contribution in [0, 0.1) is 0 Å². The number of aliphatic hydroxyl groups excluding tert-OH is 1. The molecule has 1 aromatic rings. The summed E-state index contributed by atoms with van der Waals surface area (Å²) < 4.78 is 5.26. The molecule has 23 heavy (non-hydrogen) atoms. The first-order chi connectivity index (χ1) is 11.2. The summed E-state index contributed by atoms with van der Waals surface area (Å²) in [5, 5.41) is 9.72. The number of aromatic nitrogens is 2. The highest BCUT2D eigenvalue weighted by Gasteiger charge is 2.25. The van der Waals surface area contributed by atoms with Gasteiger partial charge in [-0.2, -0.15) is 0 Å². The van der Waals surface area contributed by atoms with Crippen molar-refractivity contribution < 1.29 is 14.6 Å². The van der Waals surface area contributed by atoms with E-state index < -0.39 is 6.10 Å². The Hall–Kier alpha value is -1.77. The van der Waals surface area contributed by atoms with Crippen molar-refractivity contribution in [3.05, 3.63) is 18.5 Å². The Balaban J connectivity index is 1.47. The Morgan fingerprint density at radius 3 is 2.70 bits per heavy atom. The smallest absolute Gasteiger partial charge is 0.236 e. The first kappa shape index (κ1) is 16.1. The fourth-order valence-corrected chi connectivity index (χ4v) is 2.87. The number of hydrogen-bond acceptors (Lipinski definition) is 7. The van der Waals surface area contributed by atoms with Crippen molar-refractivity contribution >= 4 is 11.9 Å². The summed E-state index contributed by atoms with van der Waals surface area (Å²) in [5.41, 5.74) is 0. The highest BCUT2D eigenvalue weighted by Crippen LogP contribution is 2.10. The van der Waals surface area contributed by atoms with Crippen LogP contribution >= 0.6 is 0 Å². The molecule has 0 spiro atoms. The number of carbonyl (C=O) groups is 1. The molecule has 0 aromatic carbocycles. The van der Waals surface area contributed by atoms with Crippen LogP contribution in [-0.2, 0) is 9.53 Å². The molecule has 2 aliphatic heterocycles. The van der Waals surface area contributed by atoms with Gasteiger partial charge < -0.3 is 19.6 Å². The van der Waals surface area contributed by atoms with E-state index in [0.29, 0.717) is 32.8 Å². The van der Waals surface area contributed by atoms with Crippen molar-refractivity contribution in [1.29, 1.82) is 0 Å². The topological polar surface area (TPSA) is 82.0 Å². The molecule has 126 valence electrons. The number of ether oxygens (including phenoxy) is 1. The standard InChI is InChI=1S/C15H23N5O3/c21-13-10-20(8-9-23-12-13)14(22)11-18-4-6-19(7-5-18)15-16-2-1-3-17-15/h1-3,13,21H,4-12H2/t13-/m0/s1. The lowest BCUT2D eigenvalue weighted by molar-refractivity contribution is -0.133. The molecule has 0 radical (unpaired) electrons. The number of aliphatic hydroxyl groups is 1. The van der Waals surface area contributed by atoms with Gasteiger partial charge >= 0.3 is 0 Å². The van der Waals surface area contributed by atoms with Crippen LogP contribution < -0.4 is 4.90 Å². The molecule has 1 N–H and O–H groups in total. The monoisotopic (exact) mass is 321 g/mol. The predicted octanol–water partition coefficient (Wildman–Crippen LogP) is -1.18. The third kappa shape index (κ3) is 4.37. The SMILES string of the molecule is O=C(CN1CCN(c2ncccn2)CC1)N1CCOC[C@@H](O)C1. The molecule has 1 atom stereocenters. The second-order valence-corrected chi connectivity index (χ2v) is 5.88. The summed E-state index contributed by atoms with van der Waals surface area (Å²) in [6, 6.07) is 1.80. The van der Waals surface area contributed by atoms with Gasteiger partial charge in [-0.05, 0) is 6.07 Å². The summed E-state index contributed by atoms with van der Waals surface area (Å²) in [6.07, 6.45) is 2.89. The molecule has 0 aliphatic carbocycles. The molecular formula is C15H23N5O3. The molecule has 3 rings (SSSR count). The average Bonchev–Trinajstić information content (AvgIpc) is 2.81. The summed E-state index contributed by atoms with van der Waals surface area (Å²) in [6.45, 7) is 5.31. The normalized spacial score (nSPS) is 23.6. The van der Waals surface area contributed by atoms with E-state index in [9.17, 15) is 9.90 Å². The molecule has 3 heterocycles. The Kier molecular flexibility index (Phi) is 5.37. The van der Waals surface area contributed by atoms with Crippen LogP contribution in [-0.4, -0.2) is 95.9 Å². The zero-order chi connectivity index (χ0) is 16.1.